The van der Waals surface area contributed by atoms with Gasteiger partial charge in [-0.1, -0.05) is 0 Å². The number of carbonyl (C=O) groups is 1. The molecule has 0 bridgehead atoms. The summed E-state index contributed by atoms with van der Waals surface area (Å²) in [6.45, 7) is 0. The van der Waals surface area contributed by atoms with Crippen molar-refractivity contribution in [3.63, 3.8) is 0 Å². The third kappa shape index (κ3) is 1.52. The fourth-order valence-corrected chi connectivity index (χ4v) is 2.72. The molecule has 1 aromatic heterocycles. The van der Waals surface area contributed by atoms with Crippen LogP contribution in [0.1, 0.15) is 35.8 Å². The first-order valence-electron chi connectivity index (χ1n) is 5.30. The van der Waals surface area contributed by atoms with E-state index in [1.165, 1.54) is 19.3 Å². The van der Waals surface area contributed by atoms with E-state index < -0.39 is 5.97 Å². The van der Waals surface area contributed by atoms with Crippen molar-refractivity contribution in [2.75, 3.05) is 0 Å². The van der Waals surface area contributed by atoms with E-state index in [-0.39, 0.29) is 5.82 Å². The summed E-state index contributed by atoms with van der Waals surface area (Å²) in [5, 5.41) is 12.0. The molecule has 5 nitrogen and oxygen atoms in total. The van der Waals surface area contributed by atoms with E-state index in [0.29, 0.717) is 11.8 Å². The highest BCUT2D eigenvalue weighted by atomic mass is 16.5. The zero-order valence-corrected chi connectivity index (χ0v) is 8.22. The van der Waals surface area contributed by atoms with Crippen LogP contribution in [0.4, 0.5) is 0 Å². The number of fused-ring (bicyclic) bond motifs is 1. The molecule has 1 unspecified atom stereocenters. The van der Waals surface area contributed by atoms with Crippen LogP contribution in [-0.4, -0.2) is 21.2 Å². The van der Waals surface area contributed by atoms with Gasteiger partial charge in [-0.3, -0.25) is 0 Å². The Morgan fingerprint density at radius 1 is 1.53 bits per heavy atom. The number of carboxylic acids is 1. The predicted octanol–water partition coefficient (Wildman–Crippen LogP) is 1.36. The molecular weight excluding hydrogens is 196 g/mol. The SMILES string of the molecule is O=C(O)c1noc(CC2CC[C@@H]3C[C@H]23)n1. The lowest BCUT2D eigenvalue weighted by Crippen LogP contribution is -2.04. The van der Waals surface area contributed by atoms with Gasteiger partial charge in [0.1, 0.15) is 0 Å². The molecule has 3 atom stereocenters. The van der Waals surface area contributed by atoms with Gasteiger partial charge in [-0.15, -0.1) is 0 Å². The van der Waals surface area contributed by atoms with Gasteiger partial charge in [0.05, 0.1) is 0 Å². The molecule has 0 amide bonds. The minimum atomic E-state index is -1.12. The zero-order valence-electron chi connectivity index (χ0n) is 8.22. The smallest absolute Gasteiger partial charge is 0.377 e. The molecule has 1 aromatic rings. The lowest BCUT2D eigenvalue weighted by atomic mass is 10.00. The van der Waals surface area contributed by atoms with E-state index in [1.54, 1.807) is 0 Å². The number of rotatable bonds is 3. The molecule has 5 heteroatoms. The van der Waals surface area contributed by atoms with Gasteiger partial charge in [-0.2, -0.15) is 4.98 Å². The molecule has 0 aromatic carbocycles. The molecule has 0 saturated heterocycles. The third-order valence-corrected chi connectivity index (χ3v) is 3.59. The monoisotopic (exact) mass is 208 g/mol. The number of carboxylic acid groups (broad SMARTS) is 1. The molecule has 15 heavy (non-hydrogen) atoms. The Morgan fingerprint density at radius 2 is 2.40 bits per heavy atom. The van der Waals surface area contributed by atoms with E-state index in [2.05, 4.69) is 10.1 Å². The Kier molecular flexibility index (Phi) is 1.81. The normalized spacial score (nSPS) is 32.7. The van der Waals surface area contributed by atoms with Gasteiger partial charge < -0.3 is 9.63 Å². The van der Waals surface area contributed by atoms with Crippen molar-refractivity contribution in [3.05, 3.63) is 11.7 Å². The van der Waals surface area contributed by atoms with Gasteiger partial charge >= 0.3 is 5.97 Å². The molecule has 2 saturated carbocycles. The lowest BCUT2D eigenvalue weighted by Gasteiger charge is -2.06. The summed E-state index contributed by atoms with van der Waals surface area (Å²) in [6.07, 6.45) is 4.63. The first-order valence-corrected chi connectivity index (χ1v) is 5.30. The van der Waals surface area contributed by atoms with Crippen molar-refractivity contribution in [3.8, 4) is 0 Å². The Hall–Kier alpha value is -1.39. The largest absolute Gasteiger partial charge is 0.475 e. The van der Waals surface area contributed by atoms with Crippen molar-refractivity contribution in [2.24, 2.45) is 17.8 Å². The van der Waals surface area contributed by atoms with Gasteiger partial charge in [0.2, 0.25) is 5.89 Å². The second-order valence-electron chi connectivity index (χ2n) is 4.52. The fourth-order valence-electron chi connectivity index (χ4n) is 2.72. The summed E-state index contributed by atoms with van der Waals surface area (Å²) in [7, 11) is 0. The third-order valence-electron chi connectivity index (χ3n) is 3.59. The Bertz CT molecular complexity index is 401. The molecule has 2 aliphatic carbocycles. The average molecular weight is 208 g/mol. The van der Waals surface area contributed by atoms with Gasteiger partial charge in [-0.05, 0) is 42.2 Å². The minimum absolute atomic E-state index is 0.227. The van der Waals surface area contributed by atoms with Crippen LogP contribution >= 0.6 is 0 Å². The average Bonchev–Trinajstić information content (AvgIpc) is 2.67. The van der Waals surface area contributed by atoms with Crippen molar-refractivity contribution >= 4 is 5.97 Å². The molecule has 1 N–H and O–H groups in total. The van der Waals surface area contributed by atoms with E-state index in [4.69, 9.17) is 9.63 Å². The number of aromatic nitrogens is 2. The maximum absolute atomic E-state index is 10.5. The predicted molar refractivity (Wildman–Crippen MR) is 49.3 cm³/mol. The molecule has 2 fully saturated rings. The first-order chi connectivity index (χ1) is 7.24. The molecule has 2 aliphatic rings. The quantitative estimate of drug-likeness (QED) is 0.811. The first kappa shape index (κ1) is 8.88. The molecule has 1 heterocycles. The van der Waals surface area contributed by atoms with E-state index >= 15 is 0 Å². The van der Waals surface area contributed by atoms with Crippen LogP contribution in [-0.2, 0) is 6.42 Å². The number of nitrogens with zero attached hydrogens (tertiary/aromatic N) is 2. The maximum atomic E-state index is 10.5. The summed E-state index contributed by atoms with van der Waals surface area (Å²) in [5.41, 5.74) is 0. The van der Waals surface area contributed by atoms with Crippen LogP contribution in [0.25, 0.3) is 0 Å². The molecular formula is C10H12N2O3. The van der Waals surface area contributed by atoms with Crippen molar-refractivity contribution in [2.45, 2.75) is 25.7 Å². The zero-order chi connectivity index (χ0) is 10.4. The summed E-state index contributed by atoms with van der Waals surface area (Å²) >= 11 is 0. The second kappa shape index (κ2) is 3.05. The topological polar surface area (TPSA) is 76.2 Å². The van der Waals surface area contributed by atoms with Gasteiger partial charge in [-0.25, -0.2) is 4.79 Å². The van der Waals surface area contributed by atoms with Crippen LogP contribution in [0.15, 0.2) is 4.52 Å². The second-order valence-corrected chi connectivity index (χ2v) is 4.52. The lowest BCUT2D eigenvalue weighted by molar-refractivity contribution is 0.0680. The van der Waals surface area contributed by atoms with Gasteiger partial charge in [0.15, 0.2) is 0 Å². The van der Waals surface area contributed by atoms with E-state index in [1.807, 2.05) is 0 Å². The van der Waals surface area contributed by atoms with Crippen LogP contribution in [0.5, 0.6) is 0 Å². The minimum Gasteiger partial charge on any atom is -0.475 e. The fraction of sp³-hybridized carbons (Fsp3) is 0.700. The number of aromatic carboxylic acids is 1. The van der Waals surface area contributed by atoms with E-state index in [0.717, 1.165) is 18.3 Å². The summed E-state index contributed by atoms with van der Waals surface area (Å²) in [5.74, 6) is 1.53. The van der Waals surface area contributed by atoms with Crippen molar-refractivity contribution in [1.29, 1.82) is 0 Å². The van der Waals surface area contributed by atoms with Gasteiger partial charge in [0.25, 0.3) is 5.82 Å². The molecule has 0 aliphatic heterocycles. The standard InChI is InChI=1S/C10H12N2O3/c13-10(14)9-11-8(15-12-9)4-6-2-1-5-3-7(5)6/h5-7H,1-4H2,(H,13,14)/t5-,6?,7+/m1/s1. The highest BCUT2D eigenvalue weighted by Crippen LogP contribution is 2.56. The number of hydrogen-bond acceptors (Lipinski definition) is 4. The van der Waals surface area contributed by atoms with Crippen LogP contribution < -0.4 is 0 Å². The van der Waals surface area contributed by atoms with Crippen LogP contribution in [0.2, 0.25) is 0 Å². The summed E-state index contributed by atoms with van der Waals surface area (Å²) in [4.78, 5) is 14.4. The van der Waals surface area contributed by atoms with Crippen LogP contribution in [0.3, 0.4) is 0 Å². The highest BCUT2D eigenvalue weighted by molar-refractivity contribution is 5.82. The maximum Gasteiger partial charge on any atom is 0.377 e. The van der Waals surface area contributed by atoms with Crippen molar-refractivity contribution in [1.82, 2.24) is 10.1 Å². The molecule has 80 valence electrons. The molecule has 3 rings (SSSR count). The van der Waals surface area contributed by atoms with Crippen LogP contribution in [0, 0.1) is 17.8 Å². The Labute approximate surface area is 86.5 Å². The summed E-state index contributed by atoms with van der Waals surface area (Å²) in [6, 6.07) is 0. The van der Waals surface area contributed by atoms with Gasteiger partial charge in [0, 0.05) is 6.42 Å². The summed E-state index contributed by atoms with van der Waals surface area (Å²) < 4.78 is 4.91. The molecule has 0 spiro atoms. The molecule has 0 radical (unpaired) electrons. The van der Waals surface area contributed by atoms with E-state index in [9.17, 15) is 4.79 Å². The van der Waals surface area contributed by atoms with Crippen molar-refractivity contribution < 1.29 is 14.4 Å². The Morgan fingerprint density at radius 3 is 2.93 bits per heavy atom. The number of hydrogen-bond donors (Lipinski definition) is 1. The Balaban J connectivity index is 1.68. The highest BCUT2D eigenvalue weighted by Gasteiger charge is 2.48.